The van der Waals surface area contributed by atoms with Crippen molar-refractivity contribution in [2.24, 2.45) is 18.5 Å². The molecule has 0 fully saturated rings. The van der Waals surface area contributed by atoms with Crippen LogP contribution in [0.4, 0.5) is 0 Å². The summed E-state index contributed by atoms with van der Waals surface area (Å²) in [6.07, 6.45) is 3.08. The van der Waals surface area contributed by atoms with Gasteiger partial charge in [-0.1, -0.05) is 0 Å². The summed E-state index contributed by atoms with van der Waals surface area (Å²) in [6.45, 7) is 0. The third kappa shape index (κ3) is 1.81. The topological polar surface area (TPSA) is 90.1 Å². The molecule has 0 bridgehead atoms. The van der Waals surface area contributed by atoms with E-state index >= 15 is 0 Å². The first-order valence-corrected chi connectivity index (χ1v) is 3.61. The third-order valence-electron chi connectivity index (χ3n) is 1.63. The summed E-state index contributed by atoms with van der Waals surface area (Å²) in [5, 5.41) is 0. The van der Waals surface area contributed by atoms with E-state index in [1.165, 1.54) is 12.3 Å². The summed E-state index contributed by atoms with van der Waals surface area (Å²) in [5.74, 6) is -1.32. The molecule has 1 aromatic heterocycles. The van der Waals surface area contributed by atoms with Crippen molar-refractivity contribution < 1.29 is 14.2 Å². The van der Waals surface area contributed by atoms with Gasteiger partial charge in [-0.15, -0.1) is 0 Å². The van der Waals surface area contributed by atoms with Crippen molar-refractivity contribution >= 4 is 11.8 Å². The Bertz CT molecular complexity index is 374. The fourth-order valence-corrected chi connectivity index (χ4v) is 1.01. The molecule has 0 spiro atoms. The van der Waals surface area contributed by atoms with Crippen LogP contribution in [0.1, 0.15) is 20.7 Å². The highest BCUT2D eigenvalue weighted by Gasteiger charge is 2.15. The van der Waals surface area contributed by atoms with E-state index < -0.39 is 11.8 Å². The molecule has 1 heterocycles. The highest BCUT2D eigenvalue weighted by atomic mass is 16.2. The van der Waals surface area contributed by atoms with Crippen molar-refractivity contribution in [3.8, 4) is 0 Å². The maximum Gasteiger partial charge on any atom is 0.255 e. The molecule has 0 atom stereocenters. The lowest BCUT2D eigenvalue weighted by Gasteiger charge is -1.99. The van der Waals surface area contributed by atoms with Gasteiger partial charge >= 0.3 is 0 Å². The van der Waals surface area contributed by atoms with Crippen LogP contribution in [0.5, 0.6) is 0 Å². The molecule has 0 aliphatic heterocycles. The largest absolute Gasteiger partial charge is 0.366 e. The van der Waals surface area contributed by atoms with E-state index in [4.69, 9.17) is 11.5 Å². The Morgan fingerprint density at radius 2 is 1.77 bits per heavy atom. The van der Waals surface area contributed by atoms with E-state index in [2.05, 4.69) is 0 Å². The number of amides is 2. The van der Waals surface area contributed by atoms with Crippen LogP contribution in [0.3, 0.4) is 0 Å². The predicted molar refractivity (Wildman–Crippen MR) is 44.7 cm³/mol. The van der Waals surface area contributed by atoms with Crippen molar-refractivity contribution in [1.82, 2.24) is 0 Å². The summed E-state index contributed by atoms with van der Waals surface area (Å²) in [7, 11) is 1.72. The van der Waals surface area contributed by atoms with Crippen LogP contribution in [0.15, 0.2) is 18.5 Å². The number of hydrogen-bond donors (Lipinski definition) is 2. The van der Waals surface area contributed by atoms with Crippen molar-refractivity contribution in [3.05, 3.63) is 29.6 Å². The molecule has 4 N–H and O–H groups in total. The van der Waals surface area contributed by atoms with Crippen LogP contribution in [-0.2, 0) is 7.05 Å². The molecule has 5 nitrogen and oxygen atoms in total. The van der Waals surface area contributed by atoms with Crippen LogP contribution in [0, 0.1) is 0 Å². The van der Waals surface area contributed by atoms with Crippen molar-refractivity contribution in [2.75, 3.05) is 0 Å². The maximum atomic E-state index is 10.9. The first-order chi connectivity index (χ1) is 6.02. The fraction of sp³-hybridized carbons (Fsp3) is 0.125. The highest BCUT2D eigenvalue weighted by molar-refractivity contribution is 6.05. The third-order valence-corrected chi connectivity index (χ3v) is 1.63. The van der Waals surface area contributed by atoms with E-state index in [9.17, 15) is 9.59 Å². The SMILES string of the molecule is C[n+]1ccc(C(N)=O)c(C(N)=O)c1. The quantitative estimate of drug-likeness (QED) is 0.554. The van der Waals surface area contributed by atoms with Crippen LogP contribution >= 0.6 is 0 Å². The number of aryl methyl sites for hydroxylation is 1. The summed E-state index contributed by atoms with van der Waals surface area (Å²) in [6, 6.07) is 1.46. The maximum absolute atomic E-state index is 10.9. The molecule has 0 aromatic carbocycles. The molecule has 0 unspecified atom stereocenters. The van der Waals surface area contributed by atoms with Crippen molar-refractivity contribution in [2.45, 2.75) is 0 Å². The molecule has 2 amide bonds. The number of rotatable bonds is 2. The summed E-state index contributed by atoms with van der Waals surface area (Å²) >= 11 is 0. The van der Waals surface area contributed by atoms with Gasteiger partial charge in [-0.25, -0.2) is 4.57 Å². The molecular formula is C8H10N3O2+. The minimum Gasteiger partial charge on any atom is -0.366 e. The minimum absolute atomic E-state index is 0.137. The van der Waals surface area contributed by atoms with Gasteiger partial charge in [0.25, 0.3) is 5.91 Å². The van der Waals surface area contributed by atoms with Crippen molar-refractivity contribution in [1.29, 1.82) is 0 Å². The number of nitrogens with two attached hydrogens (primary N) is 2. The Morgan fingerprint density at radius 1 is 1.23 bits per heavy atom. The summed E-state index contributed by atoms with van der Waals surface area (Å²) < 4.78 is 1.62. The first-order valence-electron chi connectivity index (χ1n) is 3.61. The summed E-state index contributed by atoms with van der Waals surface area (Å²) in [5.41, 5.74) is 10.4. The molecule has 0 aliphatic carbocycles. The molecule has 0 saturated heterocycles. The first kappa shape index (κ1) is 9.18. The number of nitrogens with zero attached hydrogens (tertiary/aromatic N) is 1. The standard InChI is InChI=1S/C8H9N3O2/c1-11-3-2-5(7(9)12)6(4-11)8(10)13/h2-4H,1H3,(H3-,9,10,12,13)/p+1. The Hall–Kier alpha value is -1.91. The zero-order valence-electron chi connectivity index (χ0n) is 7.15. The Labute approximate surface area is 75.0 Å². The lowest BCUT2D eigenvalue weighted by molar-refractivity contribution is -0.671. The van der Waals surface area contributed by atoms with Gasteiger partial charge in [-0.3, -0.25) is 9.59 Å². The highest BCUT2D eigenvalue weighted by Crippen LogP contribution is 2.03. The number of primary amides is 2. The van der Waals surface area contributed by atoms with Crippen LogP contribution in [0.25, 0.3) is 0 Å². The number of pyridine rings is 1. The van der Waals surface area contributed by atoms with E-state index in [1.807, 2.05) is 0 Å². The van der Waals surface area contributed by atoms with E-state index in [1.54, 1.807) is 17.8 Å². The van der Waals surface area contributed by atoms with E-state index in [-0.39, 0.29) is 11.1 Å². The van der Waals surface area contributed by atoms with Gasteiger partial charge in [0, 0.05) is 6.07 Å². The average Bonchev–Trinajstić information content (AvgIpc) is 2.03. The van der Waals surface area contributed by atoms with Crippen LogP contribution < -0.4 is 16.0 Å². The Kier molecular flexibility index (Phi) is 2.27. The van der Waals surface area contributed by atoms with Crippen LogP contribution in [-0.4, -0.2) is 11.8 Å². The molecular weight excluding hydrogens is 170 g/mol. The van der Waals surface area contributed by atoms with E-state index in [0.717, 1.165) is 0 Å². The van der Waals surface area contributed by atoms with Gasteiger partial charge in [0.1, 0.15) is 12.6 Å². The molecule has 1 rings (SSSR count). The fourth-order valence-electron chi connectivity index (χ4n) is 1.01. The molecule has 68 valence electrons. The van der Waals surface area contributed by atoms with Crippen molar-refractivity contribution in [3.63, 3.8) is 0 Å². The lowest BCUT2D eigenvalue weighted by Crippen LogP contribution is -2.32. The van der Waals surface area contributed by atoms with Crippen LogP contribution in [0.2, 0.25) is 0 Å². The van der Waals surface area contributed by atoms with Gasteiger partial charge in [0.2, 0.25) is 5.91 Å². The van der Waals surface area contributed by atoms with Gasteiger partial charge in [-0.05, 0) is 0 Å². The zero-order valence-corrected chi connectivity index (χ0v) is 7.15. The molecule has 0 radical (unpaired) electrons. The second-order valence-corrected chi connectivity index (χ2v) is 2.67. The lowest BCUT2D eigenvalue weighted by atomic mass is 10.1. The Morgan fingerprint density at radius 3 is 2.23 bits per heavy atom. The smallest absolute Gasteiger partial charge is 0.255 e. The van der Waals surface area contributed by atoms with Gasteiger partial charge in [0.15, 0.2) is 12.4 Å². The second-order valence-electron chi connectivity index (χ2n) is 2.67. The molecule has 5 heteroatoms. The average molecular weight is 180 g/mol. The van der Waals surface area contributed by atoms with Gasteiger partial charge in [0.05, 0.1) is 5.56 Å². The predicted octanol–water partition coefficient (Wildman–Crippen LogP) is -1.29. The minimum atomic E-state index is -0.662. The monoisotopic (exact) mass is 180 g/mol. The van der Waals surface area contributed by atoms with Gasteiger partial charge < -0.3 is 11.5 Å². The Balaban J connectivity index is 3.35. The molecule has 0 aliphatic rings. The number of carbonyl (C=O) groups excluding carboxylic acids is 2. The summed E-state index contributed by atoms with van der Waals surface area (Å²) in [4.78, 5) is 21.7. The van der Waals surface area contributed by atoms with E-state index in [0.29, 0.717) is 0 Å². The number of hydrogen-bond acceptors (Lipinski definition) is 2. The molecule has 13 heavy (non-hydrogen) atoms. The zero-order chi connectivity index (χ0) is 10.0. The second kappa shape index (κ2) is 3.22. The van der Waals surface area contributed by atoms with Gasteiger partial charge in [-0.2, -0.15) is 0 Å². The molecule has 0 saturated carbocycles. The normalized spacial score (nSPS) is 9.62. The number of aromatic nitrogens is 1. The molecule has 1 aromatic rings. The number of carbonyl (C=O) groups is 2.